The van der Waals surface area contributed by atoms with E-state index in [1.54, 1.807) is 16.8 Å². The Morgan fingerprint density at radius 1 is 1.24 bits per heavy atom. The van der Waals surface area contributed by atoms with Gasteiger partial charge >= 0.3 is 5.97 Å². The monoisotopic (exact) mass is 379 g/mol. The van der Waals surface area contributed by atoms with Crippen LogP contribution in [0.15, 0.2) is 52.1 Å². The van der Waals surface area contributed by atoms with Crippen molar-refractivity contribution in [2.75, 3.05) is 12.8 Å². The minimum atomic E-state index is -4.03. The number of nitrogen functional groups attached to an aromatic ring is 1. The molecule has 2 aromatic heterocycles. The lowest BCUT2D eigenvalue weighted by molar-refractivity contribution is 0.0727. The lowest BCUT2D eigenvalue weighted by Crippen LogP contribution is -2.17. The van der Waals surface area contributed by atoms with Crippen molar-refractivity contribution < 1.29 is 22.7 Å². The quantitative estimate of drug-likeness (QED) is 0.674. The van der Waals surface area contributed by atoms with Crippen LogP contribution in [0.3, 0.4) is 0 Å². The highest BCUT2D eigenvalue weighted by molar-refractivity contribution is 7.90. The Morgan fingerprint density at radius 3 is 2.56 bits per heavy atom. The topological polar surface area (TPSA) is 114 Å². The number of carbonyl (C=O) groups excluding carboxylic acids is 1. The van der Waals surface area contributed by atoms with E-state index in [0.29, 0.717) is 15.4 Å². The van der Waals surface area contributed by atoms with Crippen molar-refractivity contribution in [3.8, 4) is 11.6 Å². The third-order valence-corrected chi connectivity index (χ3v) is 5.52. The minimum absolute atomic E-state index is 0.0289. The van der Waals surface area contributed by atoms with Gasteiger partial charge in [0.15, 0.2) is 0 Å². The first-order chi connectivity index (χ1) is 11.9. The number of anilines is 1. The molecule has 0 aliphatic carbocycles. The van der Waals surface area contributed by atoms with Gasteiger partial charge < -0.3 is 15.2 Å². The zero-order chi connectivity index (χ0) is 18.0. The highest BCUT2D eigenvalue weighted by Gasteiger charge is 2.23. The van der Waals surface area contributed by atoms with E-state index in [2.05, 4.69) is 5.10 Å². The van der Waals surface area contributed by atoms with Crippen molar-refractivity contribution in [2.45, 2.75) is 4.90 Å². The summed E-state index contributed by atoms with van der Waals surface area (Å²) < 4.78 is 35.9. The summed E-state index contributed by atoms with van der Waals surface area (Å²) in [5, 5.41) is 7.11. The number of ether oxygens (including phenoxy) is 2. The Kier molecular flexibility index (Phi) is 4.47. The Balaban J connectivity index is 1.89. The fraction of sp³-hybridized carbons (Fsp3) is 0.0667. The van der Waals surface area contributed by atoms with Crippen LogP contribution in [0.5, 0.6) is 11.6 Å². The van der Waals surface area contributed by atoms with Crippen molar-refractivity contribution in [3.63, 3.8) is 0 Å². The van der Waals surface area contributed by atoms with E-state index in [9.17, 15) is 13.2 Å². The molecule has 130 valence electrons. The average Bonchev–Trinajstić information content (AvgIpc) is 3.25. The van der Waals surface area contributed by atoms with Gasteiger partial charge in [-0.1, -0.05) is 0 Å². The maximum Gasteiger partial charge on any atom is 0.345 e. The third-order valence-electron chi connectivity index (χ3n) is 3.22. The van der Waals surface area contributed by atoms with E-state index >= 15 is 0 Å². The minimum Gasteiger partial charge on any atom is -0.497 e. The van der Waals surface area contributed by atoms with Crippen molar-refractivity contribution in [2.24, 2.45) is 0 Å². The van der Waals surface area contributed by atoms with Gasteiger partial charge in [0.25, 0.3) is 10.0 Å². The molecule has 0 radical (unpaired) electrons. The smallest absolute Gasteiger partial charge is 0.345 e. The fourth-order valence-corrected chi connectivity index (χ4v) is 3.81. The summed E-state index contributed by atoms with van der Waals surface area (Å²) in [6, 6.07) is 8.50. The number of hydrogen-bond donors (Lipinski definition) is 1. The number of carbonyl (C=O) groups is 1. The molecule has 0 aliphatic heterocycles. The lowest BCUT2D eigenvalue weighted by Gasteiger charge is -2.06. The second kappa shape index (κ2) is 6.57. The number of nitrogens with zero attached hydrogens (tertiary/aromatic N) is 2. The number of esters is 1. The van der Waals surface area contributed by atoms with Crippen LogP contribution >= 0.6 is 11.3 Å². The van der Waals surface area contributed by atoms with Crippen LogP contribution in [0.1, 0.15) is 10.4 Å². The van der Waals surface area contributed by atoms with Gasteiger partial charge in [0.2, 0.25) is 5.88 Å². The first kappa shape index (κ1) is 17.0. The fourth-order valence-electron chi connectivity index (χ4n) is 1.98. The number of hydrogen-bond acceptors (Lipinski definition) is 8. The first-order valence-corrected chi connectivity index (χ1v) is 9.29. The Morgan fingerprint density at radius 2 is 1.96 bits per heavy atom. The number of thiophene rings is 1. The second-order valence-corrected chi connectivity index (χ2v) is 7.38. The molecule has 0 fully saturated rings. The van der Waals surface area contributed by atoms with Gasteiger partial charge in [-0.25, -0.2) is 4.79 Å². The molecular formula is C15H13N3O5S2. The maximum atomic E-state index is 12.6. The van der Waals surface area contributed by atoms with Gasteiger partial charge in [-0.05, 0) is 35.7 Å². The number of methoxy groups -OCH3 is 1. The van der Waals surface area contributed by atoms with Gasteiger partial charge in [0.1, 0.15) is 11.6 Å². The highest BCUT2D eigenvalue weighted by atomic mass is 32.2. The molecule has 2 heterocycles. The van der Waals surface area contributed by atoms with Crippen LogP contribution in [0.2, 0.25) is 0 Å². The van der Waals surface area contributed by atoms with Crippen molar-refractivity contribution in [3.05, 3.63) is 52.7 Å². The number of aromatic nitrogens is 2. The summed E-state index contributed by atoms with van der Waals surface area (Å²) in [7, 11) is -2.55. The van der Waals surface area contributed by atoms with Crippen LogP contribution in [0, 0.1) is 0 Å². The van der Waals surface area contributed by atoms with Crippen LogP contribution in [-0.4, -0.2) is 30.7 Å². The summed E-state index contributed by atoms with van der Waals surface area (Å²) in [6.07, 6.45) is 0. The molecule has 25 heavy (non-hydrogen) atoms. The molecule has 3 rings (SSSR count). The Labute approximate surface area is 147 Å². The SMILES string of the molecule is COc1ccc(S(=O)(=O)n2nc(OC(=O)c3ccsc3)cc2N)cc1. The summed E-state index contributed by atoms with van der Waals surface area (Å²) >= 11 is 1.33. The first-order valence-electron chi connectivity index (χ1n) is 6.91. The molecule has 0 saturated carbocycles. The van der Waals surface area contributed by atoms with Crippen molar-refractivity contribution in [1.29, 1.82) is 0 Å². The average molecular weight is 379 g/mol. The zero-order valence-electron chi connectivity index (χ0n) is 12.9. The molecule has 1 aromatic carbocycles. The van der Waals surface area contributed by atoms with Gasteiger partial charge in [-0.2, -0.15) is 19.8 Å². The number of rotatable bonds is 5. The van der Waals surface area contributed by atoms with E-state index in [4.69, 9.17) is 15.2 Å². The van der Waals surface area contributed by atoms with Gasteiger partial charge in [-0.15, -0.1) is 9.19 Å². The van der Waals surface area contributed by atoms with Gasteiger partial charge in [0.05, 0.1) is 17.6 Å². The zero-order valence-corrected chi connectivity index (χ0v) is 14.6. The summed E-state index contributed by atoms with van der Waals surface area (Å²) in [6.45, 7) is 0. The maximum absolute atomic E-state index is 12.6. The van der Waals surface area contributed by atoms with Crippen molar-refractivity contribution >= 4 is 33.1 Å². The summed E-state index contributed by atoms with van der Waals surface area (Å²) in [5.41, 5.74) is 6.07. The molecule has 0 amide bonds. The molecule has 0 unspecified atom stereocenters. The molecule has 0 saturated heterocycles. The molecule has 0 spiro atoms. The molecule has 10 heteroatoms. The lowest BCUT2D eigenvalue weighted by atomic mass is 10.3. The standard InChI is InChI=1S/C15H13N3O5S2/c1-22-11-2-4-12(5-3-11)25(20,21)18-13(16)8-14(17-18)23-15(19)10-6-7-24-9-10/h2-9H,16H2,1H3. The largest absolute Gasteiger partial charge is 0.497 e. The molecule has 0 aliphatic rings. The second-order valence-electron chi connectivity index (χ2n) is 4.83. The highest BCUT2D eigenvalue weighted by Crippen LogP contribution is 2.23. The number of benzene rings is 1. The van der Waals surface area contributed by atoms with E-state index in [1.165, 1.54) is 48.8 Å². The normalized spacial score (nSPS) is 11.2. The van der Waals surface area contributed by atoms with Crippen molar-refractivity contribution in [1.82, 2.24) is 9.19 Å². The predicted octanol–water partition coefficient (Wildman–Crippen LogP) is 1.99. The molecule has 8 nitrogen and oxygen atoms in total. The van der Waals surface area contributed by atoms with Gasteiger partial charge in [-0.3, -0.25) is 0 Å². The van der Waals surface area contributed by atoms with Crippen LogP contribution in [0.4, 0.5) is 5.82 Å². The molecule has 2 N–H and O–H groups in total. The third kappa shape index (κ3) is 3.35. The van der Waals surface area contributed by atoms with Crippen LogP contribution in [-0.2, 0) is 10.0 Å². The summed E-state index contributed by atoms with van der Waals surface area (Å²) in [4.78, 5) is 11.9. The Bertz CT molecular complexity index is 992. The number of nitrogens with two attached hydrogens (primary N) is 1. The Hall–Kier alpha value is -2.85. The predicted molar refractivity (Wildman–Crippen MR) is 91.5 cm³/mol. The van der Waals surface area contributed by atoms with E-state index in [1.807, 2.05) is 0 Å². The molecule has 0 atom stereocenters. The van der Waals surface area contributed by atoms with E-state index in [0.717, 1.165) is 0 Å². The molecule has 0 bridgehead atoms. The van der Waals surface area contributed by atoms with E-state index in [-0.39, 0.29) is 16.6 Å². The van der Waals surface area contributed by atoms with Crippen LogP contribution in [0.25, 0.3) is 0 Å². The molecular weight excluding hydrogens is 366 g/mol. The van der Waals surface area contributed by atoms with E-state index < -0.39 is 16.0 Å². The molecule has 3 aromatic rings. The summed E-state index contributed by atoms with van der Waals surface area (Å²) in [5.74, 6) is -0.514. The van der Waals surface area contributed by atoms with Crippen LogP contribution < -0.4 is 15.2 Å². The van der Waals surface area contributed by atoms with Gasteiger partial charge in [0, 0.05) is 11.4 Å².